The molecule has 7 nitrogen and oxygen atoms in total. The Kier molecular flexibility index (Phi) is 7.56. The number of aryl methyl sites for hydroxylation is 1. The molecular formula is C21H25N3O4. The van der Waals surface area contributed by atoms with Crippen LogP contribution in [0.1, 0.15) is 42.6 Å². The van der Waals surface area contributed by atoms with Crippen molar-refractivity contribution in [2.45, 2.75) is 39.7 Å². The Labute approximate surface area is 164 Å². The number of rotatable bonds is 7. The molecule has 0 heterocycles. The maximum Gasteiger partial charge on any atom is 0.279 e. The third kappa shape index (κ3) is 6.12. The van der Waals surface area contributed by atoms with Crippen LogP contribution in [-0.2, 0) is 9.59 Å². The van der Waals surface area contributed by atoms with Crippen molar-refractivity contribution in [2.24, 2.45) is 0 Å². The minimum atomic E-state index is -0.727. The van der Waals surface area contributed by atoms with Crippen LogP contribution in [0, 0.1) is 6.92 Å². The van der Waals surface area contributed by atoms with Crippen molar-refractivity contribution in [2.75, 3.05) is 5.32 Å². The number of hydrogen-bond acceptors (Lipinski definition) is 4. The van der Waals surface area contributed by atoms with E-state index in [0.717, 1.165) is 5.56 Å². The summed E-state index contributed by atoms with van der Waals surface area (Å²) < 4.78 is 5.68. The van der Waals surface area contributed by atoms with Gasteiger partial charge in [-0.2, -0.15) is 0 Å². The van der Waals surface area contributed by atoms with E-state index in [9.17, 15) is 14.4 Å². The number of benzene rings is 2. The maximum absolute atomic E-state index is 12.3. The van der Waals surface area contributed by atoms with Crippen LogP contribution >= 0.6 is 0 Å². The summed E-state index contributed by atoms with van der Waals surface area (Å²) in [5.74, 6) is -0.428. The molecule has 7 heteroatoms. The monoisotopic (exact) mass is 383 g/mol. The molecule has 0 aliphatic heterocycles. The molecule has 0 radical (unpaired) electrons. The number of nitrogens with one attached hydrogen (secondary N) is 3. The summed E-state index contributed by atoms with van der Waals surface area (Å²) in [4.78, 5) is 35.9. The molecule has 3 amide bonds. The molecule has 0 fully saturated rings. The number of amides is 3. The Bertz CT molecular complexity index is 817. The first-order valence-corrected chi connectivity index (χ1v) is 9.16. The van der Waals surface area contributed by atoms with Gasteiger partial charge in [-0.15, -0.1) is 0 Å². The zero-order chi connectivity index (χ0) is 20.5. The molecule has 0 bridgehead atoms. The van der Waals surface area contributed by atoms with Crippen LogP contribution in [0.4, 0.5) is 5.69 Å². The molecule has 28 heavy (non-hydrogen) atoms. The summed E-state index contributed by atoms with van der Waals surface area (Å²) in [6.07, 6.45) is 0.0912. The lowest BCUT2D eigenvalue weighted by atomic mass is 10.2. The molecule has 2 aromatic rings. The lowest BCUT2D eigenvalue weighted by molar-refractivity contribution is -0.128. The second kappa shape index (κ2) is 10.1. The van der Waals surface area contributed by atoms with Crippen LogP contribution < -0.4 is 20.9 Å². The van der Waals surface area contributed by atoms with E-state index in [4.69, 9.17) is 4.74 Å². The smallest absolute Gasteiger partial charge is 0.279 e. The molecule has 1 unspecified atom stereocenters. The predicted octanol–water partition coefficient (Wildman–Crippen LogP) is 2.96. The highest BCUT2D eigenvalue weighted by Crippen LogP contribution is 2.14. The van der Waals surface area contributed by atoms with Gasteiger partial charge >= 0.3 is 0 Å². The van der Waals surface area contributed by atoms with Crippen LogP contribution in [0.3, 0.4) is 0 Å². The van der Waals surface area contributed by atoms with E-state index in [2.05, 4.69) is 16.2 Å². The minimum Gasteiger partial charge on any atom is -0.481 e. The van der Waals surface area contributed by atoms with E-state index >= 15 is 0 Å². The lowest BCUT2D eigenvalue weighted by Gasteiger charge is -2.17. The van der Waals surface area contributed by atoms with Crippen molar-refractivity contribution in [3.05, 3.63) is 59.7 Å². The average Bonchev–Trinajstić information content (AvgIpc) is 2.71. The van der Waals surface area contributed by atoms with Crippen molar-refractivity contribution >= 4 is 23.4 Å². The van der Waals surface area contributed by atoms with Crippen LogP contribution in [0.15, 0.2) is 48.5 Å². The van der Waals surface area contributed by atoms with Crippen LogP contribution in [0.25, 0.3) is 0 Å². The van der Waals surface area contributed by atoms with Crippen LogP contribution in [0.5, 0.6) is 5.75 Å². The molecule has 0 aliphatic rings. The fraction of sp³-hybridized carbons (Fsp3) is 0.286. The molecule has 0 aliphatic carbocycles. The Morgan fingerprint density at radius 3 is 2.14 bits per heavy atom. The van der Waals surface area contributed by atoms with Gasteiger partial charge in [0.15, 0.2) is 6.10 Å². The Balaban J connectivity index is 1.88. The Morgan fingerprint density at radius 2 is 1.57 bits per heavy atom. The molecule has 2 rings (SSSR count). The summed E-state index contributed by atoms with van der Waals surface area (Å²) in [5.41, 5.74) is 6.81. The van der Waals surface area contributed by atoms with Crippen LogP contribution in [-0.4, -0.2) is 23.8 Å². The van der Waals surface area contributed by atoms with E-state index in [-0.39, 0.29) is 5.91 Å². The second-order valence-corrected chi connectivity index (χ2v) is 6.25. The molecule has 0 saturated heterocycles. The molecule has 0 aromatic heterocycles. The molecule has 3 N–H and O–H groups in total. The highest BCUT2D eigenvalue weighted by atomic mass is 16.5. The van der Waals surface area contributed by atoms with E-state index in [0.29, 0.717) is 29.8 Å². The van der Waals surface area contributed by atoms with E-state index in [1.165, 1.54) is 0 Å². The quantitative estimate of drug-likeness (QED) is 0.641. The second-order valence-electron chi connectivity index (χ2n) is 6.25. The minimum absolute atomic E-state index is 0.108. The third-order valence-electron chi connectivity index (χ3n) is 4.01. The number of anilines is 1. The van der Waals surface area contributed by atoms with Crippen molar-refractivity contribution in [3.63, 3.8) is 0 Å². The van der Waals surface area contributed by atoms with Gasteiger partial charge in [0.25, 0.3) is 11.8 Å². The van der Waals surface area contributed by atoms with Crippen molar-refractivity contribution in [1.82, 2.24) is 10.9 Å². The summed E-state index contributed by atoms with van der Waals surface area (Å²) in [7, 11) is 0. The Morgan fingerprint density at radius 1 is 0.929 bits per heavy atom. The highest BCUT2D eigenvalue weighted by molar-refractivity contribution is 5.97. The predicted molar refractivity (Wildman–Crippen MR) is 107 cm³/mol. The number of ether oxygens (including phenoxy) is 1. The maximum atomic E-state index is 12.3. The van der Waals surface area contributed by atoms with Crippen LogP contribution in [0.2, 0.25) is 0 Å². The topological polar surface area (TPSA) is 96.5 Å². The van der Waals surface area contributed by atoms with Gasteiger partial charge in [0.05, 0.1) is 0 Å². The number of hydrogen-bond donors (Lipinski definition) is 3. The van der Waals surface area contributed by atoms with Gasteiger partial charge in [-0.3, -0.25) is 25.2 Å². The van der Waals surface area contributed by atoms with Gasteiger partial charge in [-0.05, 0) is 49.7 Å². The van der Waals surface area contributed by atoms with Crippen molar-refractivity contribution in [1.29, 1.82) is 0 Å². The first-order valence-electron chi connectivity index (χ1n) is 9.16. The molecular weight excluding hydrogens is 358 g/mol. The zero-order valence-electron chi connectivity index (χ0n) is 16.2. The van der Waals surface area contributed by atoms with Crippen molar-refractivity contribution in [3.8, 4) is 5.75 Å². The standard InChI is InChI=1S/C21H25N3O4/c1-4-18(28-17-12-6-14(3)7-13-17)21(27)24-23-20(26)15-8-10-16(11-9-15)22-19(25)5-2/h6-13,18H,4-5H2,1-3H3,(H,22,25)(H,23,26)(H,24,27). The first kappa shape index (κ1) is 21.0. The lowest BCUT2D eigenvalue weighted by Crippen LogP contribution is -2.47. The highest BCUT2D eigenvalue weighted by Gasteiger charge is 2.19. The number of carbonyl (C=O) groups excluding carboxylic acids is 3. The number of hydrazine groups is 1. The largest absolute Gasteiger partial charge is 0.481 e. The van der Waals surface area contributed by atoms with Gasteiger partial charge < -0.3 is 10.1 Å². The SMILES string of the molecule is CCC(=O)Nc1ccc(C(=O)NNC(=O)C(CC)Oc2ccc(C)cc2)cc1. The molecule has 2 aromatic carbocycles. The third-order valence-corrected chi connectivity index (χ3v) is 4.01. The van der Waals surface area contributed by atoms with E-state index in [1.807, 2.05) is 26.0 Å². The summed E-state index contributed by atoms with van der Waals surface area (Å²) in [5, 5.41) is 2.70. The number of carbonyl (C=O) groups is 3. The molecule has 148 valence electrons. The van der Waals surface area contributed by atoms with Gasteiger partial charge in [-0.1, -0.05) is 31.5 Å². The van der Waals surface area contributed by atoms with Crippen molar-refractivity contribution < 1.29 is 19.1 Å². The zero-order valence-corrected chi connectivity index (χ0v) is 16.2. The fourth-order valence-corrected chi connectivity index (χ4v) is 2.33. The molecule has 1 atom stereocenters. The van der Waals surface area contributed by atoms with Gasteiger partial charge in [0.2, 0.25) is 5.91 Å². The summed E-state index contributed by atoms with van der Waals surface area (Å²) in [6.45, 7) is 5.54. The van der Waals surface area contributed by atoms with E-state index in [1.54, 1.807) is 43.3 Å². The summed E-state index contributed by atoms with van der Waals surface area (Å²) >= 11 is 0. The molecule has 0 spiro atoms. The van der Waals surface area contributed by atoms with E-state index < -0.39 is 17.9 Å². The van der Waals surface area contributed by atoms with Gasteiger partial charge in [0.1, 0.15) is 5.75 Å². The fourth-order valence-electron chi connectivity index (χ4n) is 2.33. The molecule has 0 saturated carbocycles. The first-order chi connectivity index (χ1) is 13.4. The Hall–Kier alpha value is -3.35. The summed E-state index contributed by atoms with van der Waals surface area (Å²) in [6, 6.07) is 13.8. The van der Waals surface area contributed by atoms with Gasteiger partial charge in [0, 0.05) is 17.7 Å². The normalized spacial score (nSPS) is 11.2. The van der Waals surface area contributed by atoms with Gasteiger partial charge in [-0.25, -0.2) is 0 Å². The average molecular weight is 383 g/mol.